The van der Waals surface area contributed by atoms with Crippen LogP contribution in [-0.4, -0.2) is 53.6 Å². The molecule has 1 N–H and O–H groups in total. The van der Waals surface area contributed by atoms with Gasteiger partial charge in [-0.2, -0.15) is 0 Å². The SMILES string of the molecule is COc1ccc(CN2C(=O)c3ccccc3C2=O)cc1C(=O)Nc1c(C)cccc1C(=O)N1CCCC1. The second-order valence-corrected chi connectivity index (χ2v) is 9.23. The molecular weight excluding hydrogens is 470 g/mol. The van der Waals surface area contributed by atoms with Gasteiger partial charge in [-0.1, -0.05) is 30.3 Å². The Hall–Kier alpha value is -4.46. The number of imide groups is 1. The first kappa shape index (κ1) is 24.2. The molecule has 0 bridgehead atoms. The number of carbonyl (C=O) groups excluding carboxylic acids is 4. The zero-order valence-corrected chi connectivity index (χ0v) is 20.7. The van der Waals surface area contributed by atoms with Gasteiger partial charge in [0.15, 0.2) is 0 Å². The summed E-state index contributed by atoms with van der Waals surface area (Å²) in [6, 6.07) is 17.0. The Morgan fingerprint density at radius 1 is 0.892 bits per heavy atom. The van der Waals surface area contributed by atoms with Crippen molar-refractivity contribution in [3.63, 3.8) is 0 Å². The van der Waals surface area contributed by atoms with Crippen molar-refractivity contribution < 1.29 is 23.9 Å². The number of nitrogens with one attached hydrogen (secondary N) is 1. The molecule has 3 aromatic carbocycles. The number of ether oxygens (including phenoxy) is 1. The number of hydrogen-bond acceptors (Lipinski definition) is 5. The van der Waals surface area contributed by atoms with Gasteiger partial charge in [0.05, 0.1) is 41.6 Å². The standard InChI is InChI=1S/C29H27N3O5/c1-18-8-7-11-22(27(34)31-14-5-6-15-31)25(18)30-26(33)23-16-19(12-13-24(23)37-2)17-32-28(35)20-9-3-4-10-21(20)29(32)36/h3-4,7-13,16H,5-6,14-15,17H2,1-2H3,(H,30,33). The van der Waals surface area contributed by atoms with Crippen molar-refractivity contribution >= 4 is 29.3 Å². The molecule has 5 rings (SSSR count). The summed E-state index contributed by atoms with van der Waals surface area (Å²) in [5.41, 5.74) is 3.23. The van der Waals surface area contributed by atoms with Crippen LogP contribution in [-0.2, 0) is 6.54 Å². The fraction of sp³-hybridized carbons (Fsp3) is 0.241. The molecule has 0 spiro atoms. The van der Waals surface area contributed by atoms with Gasteiger partial charge in [-0.05, 0) is 61.2 Å². The third-order valence-corrected chi connectivity index (χ3v) is 6.86. The highest BCUT2D eigenvalue weighted by Gasteiger charge is 2.35. The summed E-state index contributed by atoms with van der Waals surface area (Å²) in [6.45, 7) is 3.26. The largest absolute Gasteiger partial charge is 0.496 e. The van der Waals surface area contributed by atoms with Gasteiger partial charge in [0.1, 0.15) is 5.75 Å². The monoisotopic (exact) mass is 497 g/mol. The average molecular weight is 498 g/mol. The number of hydrogen-bond donors (Lipinski definition) is 1. The van der Waals surface area contributed by atoms with Crippen LogP contribution in [0.4, 0.5) is 5.69 Å². The zero-order chi connectivity index (χ0) is 26.1. The summed E-state index contributed by atoms with van der Waals surface area (Å²) < 4.78 is 5.43. The van der Waals surface area contributed by atoms with Gasteiger partial charge < -0.3 is 15.0 Å². The van der Waals surface area contributed by atoms with Gasteiger partial charge in [-0.25, -0.2) is 0 Å². The van der Waals surface area contributed by atoms with E-state index in [9.17, 15) is 19.2 Å². The Kier molecular flexibility index (Phi) is 6.48. The Labute approximate surface area is 214 Å². The van der Waals surface area contributed by atoms with Crippen LogP contribution in [0.1, 0.15) is 65.4 Å². The zero-order valence-electron chi connectivity index (χ0n) is 20.7. The highest BCUT2D eigenvalue weighted by Crippen LogP contribution is 2.29. The van der Waals surface area contributed by atoms with Gasteiger partial charge in [0.25, 0.3) is 23.6 Å². The van der Waals surface area contributed by atoms with E-state index in [-0.39, 0.29) is 29.8 Å². The molecule has 0 unspecified atom stereocenters. The Balaban J connectivity index is 1.42. The summed E-state index contributed by atoms with van der Waals surface area (Å²) >= 11 is 0. The maximum Gasteiger partial charge on any atom is 0.261 e. The summed E-state index contributed by atoms with van der Waals surface area (Å²) in [6.07, 6.45) is 1.94. The van der Waals surface area contributed by atoms with Crippen LogP contribution < -0.4 is 10.1 Å². The number of methoxy groups -OCH3 is 1. The van der Waals surface area contributed by atoms with E-state index in [0.717, 1.165) is 18.4 Å². The Bertz CT molecular complexity index is 1390. The van der Waals surface area contributed by atoms with E-state index < -0.39 is 5.91 Å². The minimum Gasteiger partial charge on any atom is -0.496 e. The Morgan fingerprint density at radius 2 is 1.57 bits per heavy atom. The minimum atomic E-state index is -0.453. The molecule has 0 saturated carbocycles. The first-order valence-corrected chi connectivity index (χ1v) is 12.2. The van der Waals surface area contributed by atoms with Gasteiger partial charge in [-0.15, -0.1) is 0 Å². The number of benzene rings is 3. The van der Waals surface area contributed by atoms with Crippen molar-refractivity contribution in [1.29, 1.82) is 0 Å². The number of para-hydroxylation sites is 1. The van der Waals surface area contributed by atoms with Crippen molar-refractivity contribution in [3.8, 4) is 5.75 Å². The van der Waals surface area contributed by atoms with Gasteiger partial charge in [0, 0.05) is 13.1 Å². The average Bonchev–Trinajstić information content (AvgIpc) is 3.53. The summed E-state index contributed by atoms with van der Waals surface area (Å²) in [4.78, 5) is 55.2. The van der Waals surface area contributed by atoms with E-state index in [2.05, 4.69) is 5.32 Å². The Morgan fingerprint density at radius 3 is 2.22 bits per heavy atom. The minimum absolute atomic E-state index is 0.0136. The number of carbonyl (C=O) groups is 4. The fourth-order valence-electron chi connectivity index (χ4n) is 4.88. The fourth-order valence-corrected chi connectivity index (χ4v) is 4.88. The van der Waals surface area contributed by atoms with Crippen molar-refractivity contribution in [2.75, 3.05) is 25.5 Å². The maximum atomic E-state index is 13.5. The summed E-state index contributed by atoms with van der Waals surface area (Å²) in [7, 11) is 1.46. The highest BCUT2D eigenvalue weighted by atomic mass is 16.5. The molecule has 1 fully saturated rings. The first-order chi connectivity index (χ1) is 17.9. The maximum absolute atomic E-state index is 13.5. The quantitative estimate of drug-likeness (QED) is 0.513. The van der Waals surface area contributed by atoms with Crippen molar-refractivity contribution in [3.05, 3.63) is 94.0 Å². The molecule has 8 nitrogen and oxygen atoms in total. The molecule has 1 saturated heterocycles. The van der Waals surface area contributed by atoms with E-state index in [4.69, 9.17) is 4.74 Å². The van der Waals surface area contributed by atoms with Crippen LogP contribution in [0.25, 0.3) is 0 Å². The molecule has 0 atom stereocenters. The van der Waals surface area contributed by atoms with Crippen LogP contribution in [0.5, 0.6) is 5.75 Å². The van der Waals surface area contributed by atoms with Crippen LogP contribution in [0, 0.1) is 6.92 Å². The molecule has 0 aromatic heterocycles. The van der Waals surface area contributed by atoms with E-state index in [1.165, 1.54) is 12.0 Å². The van der Waals surface area contributed by atoms with Gasteiger partial charge in [0.2, 0.25) is 0 Å². The van der Waals surface area contributed by atoms with Crippen LogP contribution in [0.15, 0.2) is 60.7 Å². The number of amides is 4. The number of nitrogens with zero attached hydrogens (tertiary/aromatic N) is 2. The third kappa shape index (κ3) is 4.46. The lowest BCUT2D eigenvalue weighted by molar-refractivity contribution is 0.0641. The molecule has 0 radical (unpaired) electrons. The molecule has 188 valence electrons. The van der Waals surface area contributed by atoms with Crippen molar-refractivity contribution in [2.24, 2.45) is 0 Å². The number of aryl methyl sites for hydroxylation is 1. The lowest BCUT2D eigenvalue weighted by atomic mass is 10.0. The van der Waals surface area contributed by atoms with E-state index in [1.54, 1.807) is 59.5 Å². The lowest BCUT2D eigenvalue weighted by Gasteiger charge is -2.20. The van der Waals surface area contributed by atoms with E-state index in [0.29, 0.717) is 46.8 Å². The van der Waals surface area contributed by atoms with Crippen LogP contribution in [0.3, 0.4) is 0 Å². The predicted molar refractivity (Wildman–Crippen MR) is 138 cm³/mol. The number of rotatable bonds is 6. The molecule has 2 heterocycles. The van der Waals surface area contributed by atoms with Crippen molar-refractivity contribution in [2.45, 2.75) is 26.3 Å². The van der Waals surface area contributed by atoms with Crippen LogP contribution >= 0.6 is 0 Å². The second-order valence-electron chi connectivity index (χ2n) is 9.23. The van der Waals surface area contributed by atoms with E-state index >= 15 is 0 Å². The first-order valence-electron chi connectivity index (χ1n) is 12.2. The van der Waals surface area contributed by atoms with Crippen LogP contribution in [0.2, 0.25) is 0 Å². The normalized spacial score (nSPS) is 14.6. The summed E-state index contributed by atoms with van der Waals surface area (Å²) in [5.74, 6) is -0.960. The van der Waals surface area contributed by atoms with Gasteiger partial charge >= 0.3 is 0 Å². The van der Waals surface area contributed by atoms with Crippen molar-refractivity contribution in [1.82, 2.24) is 9.80 Å². The predicted octanol–water partition coefficient (Wildman–Crippen LogP) is 4.29. The topological polar surface area (TPSA) is 96.0 Å². The highest BCUT2D eigenvalue weighted by molar-refractivity contribution is 6.21. The molecule has 2 aliphatic heterocycles. The number of fused-ring (bicyclic) bond motifs is 1. The third-order valence-electron chi connectivity index (χ3n) is 6.86. The summed E-state index contributed by atoms with van der Waals surface area (Å²) in [5, 5.41) is 2.91. The molecule has 37 heavy (non-hydrogen) atoms. The number of anilines is 1. The molecule has 4 amide bonds. The van der Waals surface area contributed by atoms with Gasteiger partial charge in [-0.3, -0.25) is 24.1 Å². The smallest absolute Gasteiger partial charge is 0.261 e. The number of likely N-dealkylation sites (tertiary alicyclic amines) is 1. The molecule has 0 aliphatic carbocycles. The lowest BCUT2D eigenvalue weighted by Crippen LogP contribution is -2.29. The molecule has 8 heteroatoms. The molecular formula is C29H27N3O5. The van der Waals surface area contributed by atoms with E-state index in [1.807, 2.05) is 13.0 Å². The second kappa shape index (κ2) is 9.89. The molecule has 2 aliphatic rings. The molecule has 3 aromatic rings.